The highest BCUT2D eigenvalue weighted by Crippen LogP contribution is 2.35. The molecule has 3 heterocycles. The number of ether oxygens (including phenoxy) is 1. The number of carboxylic acid groups (broad SMARTS) is 1. The molecule has 7 nitrogen and oxygen atoms in total. The van der Waals surface area contributed by atoms with E-state index in [1.165, 1.54) is 0 Å². The summed E-state index contributed by atoms with van der Waals surface area (Å²) in [6.45, 7) is 2.67. The number of benzene rings is 1. The third-order valence-corrected chi connectivity index (χ3v) is 7.69. The van der Waals surface area contributed by atoms with Crippen LogP contribution in [0.5, 0.6) is 5.75 Å². The number of thioether (sulfide) groups is 1. The molecule has 34 heavy (non-hydrogen) atoms. The number of piperidine rings is 1. The highest BCUT2D eigenvalue weighted by atomic mass is 32.2. The molecule has 3 atom stereocenters. The Bertz CT molecular complexity index is 1070. The van der Waals surface area contributed by atoms with E-state index in [1.807, 2.05) is 30.3 Å². The number of aliphatic hydroxyl groups excluding tert-OH is 1. The van der Waals surface area contributed by atoms with Gasteiger partial charge in [-0.05, 0) is 73.5 Å². The fourth-order valence-electron chi connectivity index (χ4n) is 4.91. The molecule has 0 unspecified atom stereocenters. The second-order valence-corrected chi connectivity index (χ2v) is 10.1. The summed E-state index contributed by atoms with van der Waals surface area (Å²) < 4.78 is 10.5. The number of aliphatic carboxylic acids is 1. The molecule has 0 aliphatic carbocycles. The lowest BCUT2D eigenvalue weighted by Gasteiger charge is -2.38. The zero-order chi connectivity index (χ0) is 23.9. The van der Waals surface area contributed by atoms with Crippen molar-refractivity contribution in [3.8, 4) is 5.75 Å². The van der Waals surface area contributed by atoms with Gasteiger partial charge in [-0.1, -0.05) is 0 Å². The molecule has 0 saturated carbocycles. The molecule has 0 radical (unpaired) electrons. The lowest BCUT2D eigenvalue weighted by molar-refractivity contribution is -0.139. The van der Waals surface area contributed by atoms with Gasteiger partial charge >= 0.3 is 5.97 Å². The summed E-state index contributed by atoms with van der Waals surface area (Å²) in [5.41, 5.74) is 1.66. The van der Waals surface area contributed by atoms with Gasteiger partial charge in [-0.25, -0.2) is 0 Å². The summed E-state index contributed by atoms with van der Waals surface area (Å²) in [6, 6.07) is 9.49. The Kier molecular flexibility index (Phi) is 8.48. The molecule has 0 bridgehead atoms. The van der Waals surface area contributed by atoms with Crippen LogP contribution in [0.1, 0.15) is 37.4 Å². The maximum atomic E-state index is 11.6. The number of fused-ring (bicyclic) bond motifs is 1. The van der Waals surface area contributed by atoms with E-state index in [2.05, 4.69) is 9.88 Å². The first-order valence-electron chi connectivity index (χ1n) is 11.7. The van der Waals surface area contributed by atoms with E-state index in [0.717, 1.165) is 65.3 Å². The number of nitrogens with zero attached hydrogens (tertiary/aromatic N) is 2. The van der Waals surface area contributed by atoms with Gasteiger partial charge in [0.05, 0.1) is 25.0 Å². The van der Waals surface area contributed by atoms with Gasteiger partial charge in [0.1, 0.15) is 12.0 Å². The number of furan rings is 1. The van der Waals surface area contributed by atoms with Crippen LogP contribution in [0.2, 0.25) is 0 Å². The number of carbonyl (C=O) groups is 1. The average molecular weight is 485 g/mol. The quantitative estimate of drug-likeness (QED) is 0.373. The van der Waals surface area contributed by atoms with Crippen molar-refractivity contribution in [2.75, 3.05) is 32.5 Å². The Labute approximate surface area is 204 Å². The highest BCUT2D eigenvalue weighted by molar-refractivity contribution is 7.99. The Balaban J connectivity index is 1.35. The second-order valence-electron chi connectivity index (χ2n) is 8.89. The predicted molar refractivity (Wildman–Crippen MR) is 132 cm³/mol. The van der Waals surface area contributed by atoms with Crippen LogP contribution in [0.25, 0.3) is 10.9 Å². The fourth-order valence-corrected chi connectivity index (χ4v) is 5.77. The largest absolute Gasteiger partial charge is 0.497 e. The smallest absolute Gasteiger partial charge is 0.303 e. The zero-order valence-electron chi connectivity index (χ0n) is 19.4. The van der Waals surface area contributed by atoms with Crippen LogP contribution >= 0.6 is 11.8 Å². The Morgan fingerprint density at radius 2 is 2.21 bits per heavy atom. The average Bonchev–Trinajstić information content (AvgIpc) is 3.36. The highest BCUT2D eigenvalue weighted by Gasteiger charge is 2.31. The van der Waals surface area contributed by atoms with Gasteiger partial charge in [0.25, 0.3) is 0 Å². The summed E-state index contributed by atoms with van der Waals surface area (Å²) in [7, 11) is 1.62. The minimum atomic E-state index is -0.752. The van der Waals surface area contributed by atoms with Crippen LogP contribution in [-0.4, -0.2) is 58.6 Å². The third-order valence-electron chi connectivity index (χ3n) is 6.74. The van der Waals surface area contributed by atoms with E-state index in [-0.39, 0.29) is 18.3 Å². The van der Waals surface area contributed by atoms with E-state index >= 15 is 0 Å². The number of methoxy groups -OCH3 is 1. The molecule has 1 aliphatic heterocycles. The first-order chi connectivity index (χ1) is 16.5. The summed E-state index contributed by atoms with van der Waals surface area (Å²) in [6.07, 6.45) is 7.02. The molecule has 4 rings (SSSR count). The Morgan fingerprint density at radius 3 is 2.97 bits per heavy atom. The van der Waals surface area contributed by atoms with Gasteiger partial charge in [0.15, 0.2) is 0 Å². The molecule has 2 aromatic heterocycles. The molecule has 0 spiro atoms. The lowest BCUT2D eigenvalue weighted by Crippen LogP contribution is -2.42. The minimum Gasteiger partial charge on any atom is -0.497 e. The molecule has 1 fully saturated rings. The fraction of sp³-hybridized carbons (Fsp3) is 0.462. The zero-order valence-corrected chi connectivity index (χ0v) is 20.2. The van der Waals surface area contributed by atoms with Crippen LogP contribution in [0.3, 0.4) is 0 Å². The number of hydrogen-bond acceptors (Lipinski definition) is 7. The molecule has 8 heteroatoms. The van der Waals surface area contributed by atoms with Crippen molar-refractivity contribution in [2.24, 2.45) is 11.8 Å². The SMILES string of the molecule is COc1ccc2nccc([C@H](O)CC[C@@H]3CCN(CCSc4ccoc4)C[C@@H]3CC(=O)O)c2c1. The molecule has 182 valence electrons. The van der Waals surface area contributed by atoms with Crippen molar-refractivity contribution in [3.05, 3.63) is 54.6 Å². The van der Waals surface area contributed by atoms with Gasteiger partial charge in [-0.2, -0.15) is 0 Å². The maximum Gasteiger partial charge on any atom is 0.303 e. The Morgan fingerprint density at radius 1 is 1.32 bits per heavy atom. The van der Waals surface area contributed by atoms with Gasteiger partial charge in [0, 0.05) is 41.7 Å². The molecule has 1 aromatic carbocycles. The van der Waals surface area contributed by atoms with E-state index in [4.69, 9.17) is 9.15 Å². The minimum absolute atomic E-state index is 0.0895. The predicted octanol–water partition coefficient (Wildman–Crippen LogP) is 4.86. The van der Waals surface area contributed by atoms with Crippen molar-refractivity contribution < 1.29 is 24.2 Å². The van der Waals surface area contributed by atoms with E-state index in [1.54, 1.807) is 37.6 Å². The van der Waals surface area contributed by atoms with E-state index in [0.29, 0.717) is 6.42 Å². The van der Waals surface area contributed by atoms with Crippen LogP contribution < -0.4 is 4.74 Å². The molecule has 3 aromatic rings. The number of rotatable bonds is 11. The number of hydrogen-bond donors (Lipinski definition) is 2. The van der Waals surface area contributed by atoms with E-state index in [9.17, 15) is 15.0 Å². The lowest BCUT2D eigenvalue weighted by atomic mass is 9.79. The molecule has 0 amide bonds. The van der Waals surface area contributed by atoms with Crippen LogP contribution in [0.4, 0.5) is 0 Å². The van der Waals surface area contributed by atoms with Gasteiger partial charge in [-0.15, -0.1) is 11.8 Å². The van der Waals surface area contributed by atoms with Gasteiger partial charge in [-0.3, -0.25) is 9.78 Å². The summed E-state index contributed by atoms with van der Waals surface area (Å²) in [5, 5.41) is 21.4. The van der Waals surface area contributed by atoms with Crippen LogP contribution in [0.15, 0.2) is 58.4 Å². The van der Waals surface area contributed by atoms with Crippen molar-refractivity contribution in [3.63, 3.8) is 0 Å². The van der Waals surface area contributed by atoms with Crippen molar-refractivity contribution in [2.45, 2.75) is 36.7 Å². The third kappa shape index (κ3) is 6.31. The monoisotopic (exact) mass is 484 g/mol. The summed E-state index contributed by atoms with van der Waals surface area (Å²) in [5.74, 6) is 1.30. The maximum absolute atomic E-state index is 11.6. The standard InChI is InChI=1S/C26H32N2O5S/c1-32-20-3-4-24-23(15-20)22(6-9-27-24)25(29)5-2-18-7-10-28(16-19(18)14-26(30)31)11-13-34-21-8-12-33-17-21/h3-4,6,8-9,12,15,17-19,25,29H,2,5,7,10-11,13-14,16H2,1H3,(H,30,31)/t18-,19+,25-/m1/s1. The number of pyridine rings is 1. The number of aliphatic hydroxyl groups is 1. The summed E-state index contributed by atoms with van der Waals surface area (Å²) in [4.78, 5) is 19.4. The normalized spacial score (nSPS) is 19.8. The molecule has 1 aliphatic rings. The Hall–Kier alpha value is -2.55. The summed E-state index contributed by atoms with van der Waals surface area (Å²) >= 11 is 1.75. The molecular formula is C26H32N2O5S. The molecule has 2 N–H and O–H groups in total. The topological polar surface area (TPSA) is 96.0 Å². The van der Waals surface area contributed by atoms with Crippen molar-refractivity contribution >= 4 is 28.6 Å². The van der Waals surface area contributed by atoms with Crippen molar-refractivity contribution in [1.29, 1.82) is 0 Å². The van der Waals surface area contributed by atoms with Crippen LogP contribution in [-0.2, 0) is 4.79 Å². The first kappa shape index (κ1) is 24.6. The van der Waals surface area contributed by atoms with Gasteiger partial charge < -0.3 is 24.3 Å². The molecule has 1 saturated heterocycles. The number of carboxylic acids is 1. The van der Waals surface area contributed by atoms with Crippen molar-refractivity contribution in [1.82, 2.24) is 9.88 Å². The first-order valence-corrected chi connectivity index (χ1v) is 12.7. The molecular weight excluding hydrogens is 452 g/mol. The second kappa shape index (κ2) is 11.7. The number of aromatic nitrogens is 1. The van der Waals surface area contributed by atoms with E-state index < -0.39 is 12.1 Å². The number of likely N-dealkylation sites (tertiary alicyclic amines) is 1. The van der Waals surface area contributed by atoms with Gasteiger partial charge in [0.2, 0.25) is 0 Å². The van der Waals surface area contributed by atoms with Crippen LogP contribution in [0, 0.1) is 11.8 Å².